The highest BCUT2D eigenvalue weighted by Crippen LogP contribution is 2.25. The van der Waals surface area contributed by atoms with Crippen LogP contribution < -0.4 is 10.1 Å². The Morgan fingerprint density at radius 2 is 1.83 bits per heavy atom. The summed E-state index contributed by atoms with van der Waals surface area (Å²) in [6.45, 7) is 3.48. The highest BCUT2D eigenvalue weighted by Gasteiger charge is 2.04. The van der Waals surface area contributed by atoms with Gasteiger partial charge in [0.1, 0.15) is 5.75 Å². The lowest BCUT2D eigenvalue weighted by Gasteiger charge is -2.04. The molecule has 0 aliphatic rings. The second kappa shape index (κ2) is 8.70. The zero-order chi connectivity index (χ0) is 16.6. The number of hydrogen-bond acceptors (Lipinski definition) is 6. The van der Waals surface area contributed by atoms with Crippen molar-refractivity contribution in [3.05, 3.63) is 65.7 Å². The Labute approximate surface area is 150 Å². The monoisotopic (exact) mass is 357 g/mol. The minimum atomic E-state index is 0.653. The zero-order valence-electron chi connectivity index (χ0n) is 13.4. The number of nitrogens with one attached hydrogen (secondary N) is 1. The van der Waals surface area contributed by atoms with E-state index < -0.39 is 0 Å². The molecule has 0 bridgehead atoms. The number of hydrogen-bond donors (Lipinski definition) is 1. The number of ether oxygens (including phenoxy) is 1. The molecule has 124 valence electrons. The fourth-order valence-corrected chi connectivity index (χ4v) is 3.67. The molecule has 0 saturated heterocycles. The van der Waals surface area contributed by atoms with Gasteiger partial charge < -0.3 is 10.1 Å². The maximum atomic E-state index is 5.71. The molecule has 1 aromatic heterocycles. The quantitative estimate of drug-likeness (QED) is 0.470. The maximum Gasteiger partial charge on any atom is 0.206 e. The van der Waals surface area contributed by atoms with Crippen LogP contribution >= 0.6 is 23.1 Å². The van der Waals surface area contributed by atoms with E-state index in [-0.39, 0.29) is 0 Å². The van der Waals surface area contributed by atoms with Gasteiger partial charge in [-0.2, -0.15) is 0 Å². The molecule has 24 heavy (non-hydrogen) atoms. The Morgan fingerprint density at radius 1 is 1.04 bits per heavy atom. The first-order valence-electron chi connectivity index (χ1n) is 7.73. The van der Waals surface area contributed by atoms with Gasteiger partial charge in [0.15, 0.2) is 4.34 Å². The highest BCUT2D eigenvalue weighted by atomic mass is 32.2. The van der Waals surface area contributed by atoms with Crippen LogP contribution in [-0.2, 0) is 6.54 Å². The number of anilines is 1. The van der Waals surface area contributed by atoms with Crippen LogP contribution in [0.25, 0.3) is 0 Å². The van der Waals surface area contributed by atoms with Gasteiger partial charge in [0.05, 0.1) is 6.61 Å². The van der Waals surface area contributed by atoms with Gasteiger partial charge in [0.25, 0.3) is 0 Å². The largest absolute Gasteiger partial charge is 0.493 e. The molecule has 0 unspecified atom stereocenters. The normalized spacial score (nSPS) is 10.5. The fourth-order valence-electron chi connectivity index (χ4n) is 2.04. The number of aromatic nitrogens is 2. The van der Waals surface area contributed by atoms with Gasteiger partial charge in [-0.1, -0.05) is 71.1 Å². The highest BCUT2D eigenvalue weighted by molar-refractivity contribution is 8.01. The summed E-state index contributed by atoms with van der Waals surface area (Å²) in [7, 11) is 0. The van der Waals surface area contributed by atoms with E-state index in [1.54, 1.807) is 23.1 Å². The molecule has 4 nitrogen and oxygen atoms in total. The van der Waals surface area contributed by atoms with Gasteiger partial charge in [-0.05, 0) is 24.6 Å². The van der Waals surface area contributed by atoms with Crippen LogP contribution in [0.5, 0.6) is 5.75 Å². The molecule has 6 heteroatoms. The van der Waals surface area contributed by atoms with Gasteiger partial charge in [-0.25, -0.2) is 0 Å². The molecule has 3 aromatic rings. The van der Waals surface area contributed by atoms with Gasteiger partial charge in [0, 0.05) is 12.3 Å². The summed E-state index contributed by atoms with van der Waals surface area (Å²) >= 11 is 3.24. The van der Waals surface area contributed by atoms with E-state index in [0.29, 0.717) is 6.61 Å². The number of nitrogens with zero attached hydrogens (tertiary/aromatic N) is 2. The van der Waals surface area contributed by atoms with E-state index in [9.17, 15) is 0 Å². The molecule has 0 aliphatic carbocycles. The SMILES string of the molecule is Cc1ccc(OCCSc2nnc(NCc3ccccc3)s2)cc1. The van der Waals surface area contributed by atoms with Crippen LogP contribution in [0.15, 0.2) is 58.9 Å². The van der Waals surface area contributed by atoms with Crippen LogP contribution in [0, 0.1) is 6.92 Å². The Bertz CT molecular complexity index is 744. The molecular formula is C18H19N3OS2. The lowest BCUT2D eigenvalue weighted by Crippen LogP contribution is -1.99. The third-order valence-corrected chi connectivity index (χ3v) is 5.27. The summed E-state index contributed by atoms with van der Waals surface area (Å²) in [5, 5.41) is 12.5. The third-order valence-electron chi connectivity index (χ3n) is 3.29. The van der Waals surface area contributed by atoms with Gasteiger partial charge >= 0.3 is 0 Å². The summed E-state index contributed by atoms with van der Waals surface area (Å²) in [5.41, 5.74) is 2.47. The first kappa shape index (κ1) is 16.8. The maximum absolute atomic E-state index is 5.71. The predicted molar refractivity (Wildman–Crippen MR) is 101 cm³/mol. The molecule has 1 N–H and O–H groups in total. The van der Waals surface area contributed by atoms with Crippen molar-refractivity contribution in [2.75, 3.05) is 17.7 Å². The predicted octanol–water partition coefficient (Wildman–Crippen LogP) is 4.63. The van der Waals surface area contributed by atoms with E-state index in [1.165, 1.54) is 11.1 Å². The lowest BCUT2D eigenvalue weighted by molar-refractivity contribution is 0.344. The topological polar surface area (TPSA) is 47.0 Å². The number of aryl methyl sites for hydroxylation is 1. The average Bonchev–Trinajstić information content (AvgIpc) is 3.07. The number of benzene rings is 2. The molecule has 0 spiro atoms. The molecule has 0 fully saturated rings. The second-order valence-electron chi connectivity index (χ2n) is 5.22. The summed E-state index contributed by atoms with van der Waals surface area (Å²) in [5.74, 6) is 1.75. The van der Waals surface area contributed by atoms with Gasteiger partial charge in [-0.15, -0.1) is 10.2 Å². The summed E-state index contributed by atoms with van der Waals surface area (Å²) in [6, 6.07) is 18.4. The van der Waals surface area contributed by atoms with Crippen LogP contribution in [0.1, 0.15) is 11.1 Å². The molecule has 1 heterocycles. The smallest absolute Gasteiger partial charge is 0.206 e. The number of rotatable bonds is 8. The van der Waals surface area contributed by atoms with E-state index in [1.807, 2.05) is 30.3 Å². The van der Waals surface area contributed by atoms with Crippen LogP contribution in [-0.4, -0.2) is 22.6 Å². The van der Waals surface area contributed by atoms with Crippen LogP contribution in [0.3, 0.4) is 0 Å². The van der Waals surface area contributed by atoms with E-state index >= 15 is 0 Å². The number of thioether (sulfide) groups is 1. The summed E-state index contributed by atoms with van der Waals surface area (Å²) in [6.07, 6.45) is 0. The summed E-state index contributed by atoms with van der Waals surface area (Å²) in [4.78, 5) is 0. The minimum Gasteiger partial charge on any atom is -0.493 e. The van der Waals surface area contributed by atoms with Gasteiger partial charge in [0.2, 0.25) is 5.13 Å². The summed E-state index contributed by atoms with van der Waals surface area (Å²) < 4.78 is 6.67. The molecule has 0 radical (unpaired) electrons. The van der Waals surface area contributed by atoms with Crippen molar-refractivity contribution in [1.82, 2.24) is 10.2 Å². The van der Waals surface area contributed by atoms with Crippen LogP contribution in [0.4, 0.5) is 5.13 Å². The van der Waals surface area contributed by atoms with Crippen molar-refractivity contribution in [2.45, 2.75) is 17.8 Å². The molecule has 0 aliphatic heterocycles. The van der Waals surface area contributed by atoms with Crippen molar-refractivity contribution in [2.24, 2.45) is 0 Å². The first-order valence-corrected chi connectivity index (χ1v) is 9.53. The molecule has 0 atom stereocenters. The molecule has 2 aromatic carbocycles. The average molecular weight is 358 g/mol. The van der Waals surface area contributed by atoms with Crippen molar-refractivity contribution in [3.8, 4) is 5.75 Å². The van der Waals surface area contributed by atoms with Crippen molar-refractivity contribution >= 4 is 28.2 Å². The van der Waals surface area contributed by atoms with Crippen molar-refractivity contribution < 1.29 is 4.74 Å². The van der Waals surface area contributed by atoms with Gasteiger partial charge in [-0.3, -0.25) is 0 Å². The van der Waals surface area contributed by atoms with E-state index in [0.717, 1.165) is 27.5 Å². The second-order valence-corrected chi connectivity index (χ2v) is 7.54. The van der Waals surface area contributed by atoms with Crippen molar-refractivity contribution in [3.63, 3.8) is 0 Å². The third kappa shape index (κ3) is 5.25. The molecular weight excluding hydrogens is 338 g/mol. The Hall–Kier alpha value is -2.05. The Balaban J connectivity index is 1.39. The fraction of sp³-hybridized carbons (Fsp3) is 0.222. The Kier molecular flexibility index (Phi) is 6.09. The van der Waals surface area contributed by atoms with E-state index in [4.69, 9.17) is 4.74 Å². The lowest BCUT2D eigenvalue weighted by atomic mass is 10.2. The van der Waals surface area contributed by atoms with E-state index in [2.05, 4.69) is 46.7 Å². The van der Waals surface area contributed by atoms with Crippen molar-refractivity contribution in [1.29, 1.82) is 0 Å². The Morgan fingerprint density at radius 3 is 2.62 bits per heavy atom. The standard InChI is InChI=1S/C18H19N3OS2/c1-14-7-9-16(10-8-14)22-11-12-23-18-21-20-17(24-18)19-13-15-5-3-2-4-6-15/h2-10H,11-13H2,1H3,(H,19,20). The first-order chi connectivity index (χ1) is 11.8. The van der Waals surface area contributed by atoms with Crippen LogP contribution in [0.2, 0.25) is 0 Å². The minimum absolute atomic E-state index is 0.653. The molecule has 0 saturated carbocycles. The molecule has 3 rings (SSSR count). The zero-order valence-corrected chi connectivity index (χ0v) is 15.1. The molecule has 0 amide bonds.